The summed E-state index contributed by atoms with van der Waals surface area (Å²) in [5.41, 5.74) is 7.44. The molecule has 0 aliphatic rings. The molecule has 0 atom stereocenters. The molecule has 0 saturated carbocycles. The summed E-state index contributed by atoms with van der Waals surface area (Å²) in [6.45, 7) is 2.35. The summed E-state index contributed by atoms with van der Waals surface area (Å²) in [6, 6.07) is 5.38. The zero-order valence-corrected chi connectivity index (χ0v) is 11.7. The Morgan fingerprint density at radius 3 is 2.80 bits per heavy atom. The van der Waals surface area contributed by atoms with E-state index in [1.165, 1.54) is 7.11 Å². The van der Waals surface area contributed by atoms with Crippen molar-refractivity contribution in [1.29, 1.82) is 0 Å². The van der Waals surface area contributed by atoms with E-state index < -0.39 is 0 Å². The molecule has 20 heavy (non-hydrogen) atoms. The molecule has 0 heterocycles. The summed E-state index contributed by atoms with van der Waals surface area (Å²) < 4.78 is 4.50. The minimum atomic E-state index is -0.357. The normalized spacial score (nSPS) is 9.35. The SMILES string of the molecule is COC(=O)CCNC(=O)c1cc(C#CCN)ccc1C. The van der Waals surface area contributed by atoms with Gasteiger partial charge in [-0.2, -0.15) is 0 Å². The minimum Gasteiger partial charge on any atom is -0.469 e. The topological polar surface area (TPSA) is 81.4 Å². The molecular weight excluding hydrogens is 256 g/mol. The van der Waals surface area contributed by atoms with Gasteiger partial charge < -0.3 is 15.8 Å². The Hall–Kier alpha value is -2.32. The number of aryl methyl sites for hydroxylation is 1. The number of nitrogens with two attached hydrogens (primary N) is 1. The number of rotatable bonds is 4. The van der Waals surface area contributed by atoms with E-state index in [-0.39, 0.29) is 31.4 Å². The van der Waals surface area contributed by atoms with Crippen LogP contribution in [0.25, 0.3) is 0 Å². The third kappa shape index (κ3) is 4.75. The number of esters is 1. The number of hydrogen-bond donors (Lipinski definition) is 2. The van der Waals surface area contributed by atoms with Crippen LogP contribution >= 0.6 is 0 Å². The predicted molar refractivity (Wildman–Crippen MR) is 76.1 cm³/mol. The van der Waals surface area contributed by atoms with E-state index >= 15 is 0 Å². The van der Waals surface area contributed by atoms with Crippen LogP contribution in [0.3, 0.4) is 0 Å². The van der Waals surface area contributed by atoms with Crippen LogP contribution in [0.15, 0.2) is 18.2 Å². The maximum Gasteiger partial charge on any atom is 0.307 e. The van der Waals surface area contributed by atoms with Crippen molar-refractivity contribution in [2.24, 2.45) is 5.73 Å². The predicted octanol–water partition coefficient (Wildman–Crippen LogP) is 0.598. The van der Waals surface area contributed by atoms with E-state index in [0.717, 1.165) is 11.1 Å². The molecule has 0 unspecified atom stereocenters. The van der Waals surface area contributed by atoms with Crippen molar-refractivity contribution in [3.05, 3.63) is 34.9 Å². The number of nitrogens with one attached hydrogen (secondary N) is 1. The van der Waals surface area contributed by atoms with Crippen molar-refractivity contribution in [3.63, 3.8) is 0 Å². The Kier molecular flexibility index (Phi) is 6.27. The van der Waals surface area contributed by atoms with Gasteiger partial charge in [-0.05, 0) is 24.6 Å². The van der Waals surface area contributed by atoms with Gasteiger partial charge in [-0.1, -0.05) is 17.9 Å². The highest BCUT2D eigenvalue weighted by atomic mass is 16.5. The fourth-order valence-corrected chi connectivity index (χ4v) is 1.57. The number of carbonyl (C=O) groups is 2. The quantitative estimate of drug-likeness (QED) is 0.622. The molecule has 5 nitrogen and oxygen atoms in total. The first kappa shape index (κ1) is 15.7. The molecule has 0 aliphatic carbocycles. The van der Waals surface area contributed by atoms with Crippen LogP contribution in [-0.4, -0.2) is 32.1 Å². The van der Waals surface area contributed by atoms with Gasteiger partial charge in [0.1, 0.15) is 0 Å². The summed E-state index contributed by atoms with van der Waals surface area (Å²) in [5, 5.41) is 2.68. The number of methoxy groups -OCH3 is 1. The van der Waals surface area contributed by atoms with Crippen LogP contribution in [0.2, 0.25) is 0 Å². The van der Waals surface area contributed by atoms with Gasteiger partial charge in [0, 0.05) is 17.7 Å². The highest BCUT2D eigenvalue weighted by Crippen LogP contribution is 2.10. The van der Waals surface area contributed by atoms with Crippen molar-refractivity contribution in [3.8, 4) is 11.8 Å². The van der Waals surface area contributed by atoms with Gasteiger partial charge in [0.15, 0.2) is 0 Å². The lowest BCUT2D eigenvalue weighted by Crippen LogP contribution is -2.27. The Bertz CT molecular complexity index is 556. The number of amides is 1. The molecule has 106 valence electrons. The van der Waals surface area contributed by atoms with Crippen LogP contribution in [-0.2, 0) is 9.53 Å². The smallest absolute Gasteiger partial charge is 0.307 e. The van der Waals surface area contributed by atoms with Crippen LogP contribution in [0.4, 0.5) is 0 Å². The van der Waals surface area contributed by atoms with Crippen molar-refractivity contribution in [2.45, 2.75) is 13.3 Å². The van der Waals surface area contributed by atoms with Crippen molar-refractivity contribution < 1.29 is 14.3 Å². The molecule has 0 aliphatic heterocycles. The van der Waals surface area contributed by atoms with Gasteiger partial charge in [0.25, 0.3) is 5.91 Å². The lowest BCUT2D eigenvalue weighted by molar-refractivity contribution is -0.140. The fraction of sp³-hybridized carbons (Fsp3) is 0.333. The number of hydrogen-bond acceptors (Lipinski definition) is 4. The molecule has 1 aromatic rings. The Balaban J connectivity index is 2.74. The Morgan fingerprint density at radius 1 is 1.40 bits per heavy atom. The highest BCUT2D eigenvalue weighted by Gasteiger charge is 2.10. The molecule has 1 amide bonds. The van der Waals surface area contributed by atoms with Gasteiger partial charge in [-0.15, -0.1) is 0 Å². The van der Waals surface area contributed by atoms with E-state index in [4.69, 9.17) is 5.73 Å². The maximum absolute atomic E-state index is 12.0. The van der Waals surface area contributed by atoms with Gasteiger partial charge >= 0.3 is 5.97 Å². The molecule has 0 bridgehead atoms. The van der Waals surface area contributed by atoms with Gasteiger partial charge in [0.05, 0.1) is 20.1 Å². The second-order valence-corrected chi connectivity index (χ2v) is 4.12. The Morgan fingerprint density at radius 2 is 2.15 bits per heavy atom. The first-order chi connectivity index (χ1) is 9.58. The molecule has 5 heteroatoms. The maximum atomic E-state index is 12.0. The number of ether oxygens (including phenoxy) is 1. The molecule has 1 rings (SSSR count). The summed E-state index contributed by atoms with van der Waals surface area (Å²) in [5.74, 6) is 5.03. The van der Waals surface area contributed by atoms with Crippen LogP contribution < -0.4 is 11.1 Å². The van der Waals surface area contributed by atoms with Crippen LogP contribution in [0.5, 0.6) is 0 Å². The van der Waals surface area contributed by atoms with E-state index in [9.17, 15) is 9.59 Å². The zero-order valence-electron chi connectivity index (χ0n) is 11.7. The molecule has 1 aromatic carbocycles. The van der Waals surface area contributed by atoms with Crippen LogP contribution in [0.1, 0.15) is 27.9 Å². The van der Waals surface area contributed by atoms with Gasteiger partial charge in [0.2, 0.25) is 0 Å². The monoisotopic (exact) mass is 274 g/mol. The van der Waals surface area contributed by atoms with Gasteiger partial charge in [-0.3, -0.25) is 9.59 Å². The minimum absolute atomic E-state index is 0.147. The third-order valence-corrected chi connectivity index (χ3v) is 2.66. The lowest BCUT2D eigenvalue weighted by Gasteiger charge is -2.07. The lowest BCUT2D eigenvalue weighted by atomic mass is 10.0. The van der Waals surface area contributed by atoms with Crippen molar-refractivity contribution in [2.75, 3.05) is 20.2 Å². The summed E-state index contributed by atoms with van der Waals surface area (Å²) in [7, 11) is 1.31. The van der Waals surface area contributed by atoms with Crippen LogP contribution in [0, 0.1) is 18.8 Å². The zero-order chi connectivity index (χ0) is 15.0. The van der Waals surface area contributed by atoms with E-state index in [0.29, 0.717) is 5.56 Å². The highest BCUT2D eigenvalue weighted by molar-refractivity contribution is 5.96. The van der Waals surface area contributed by atoms with E-state index in [1.54, 1.807) is 6.07 Å². The standard InChI is InChI=1S/C15H18N2O3/c1-11-5-6-12(4-3-8-16)10-13(11)15(19)17-9-7-14(18)20-2/h5-6,10H,7-9,16H2,1-2H3,(H,17,19). The molecule has 0 saturated heterocycles. The summed E-state index contributed by atoms with van der Waals surface area (Å²) in [4.78, 5) is 23.0. The molecule has 0 aromatic heterocycles. The molecular formula is C15H18N2O3. The molecule has 0 radical (unpaired) electrons. The number of carbonyl (C=O) groups excluding carboxylic acids is 2. The first-order valence-electron chi connectivity index (χ1n) is 6.23. The first-order valence-corrected chi connectivity index (χ1v) is 6.23. The largest absolute Gasteiger partial charge is 0.469 e. The molecule has 0 fully saturated rings. The summed E-state index contributed by atoms with van der Waals surface area (Å²) >= 11 is 0. The average molecular weight is 274 g/mol. The van der Waals surface area contributed by atoms with Crippen molar-refractivity contribution in [1.82, 2.24) is 5.32 Å². The average Bonchev–Trinajstić information content (AvgIpc) is 2.45. The summed E-state index contributed by atoms with van der Waals surface area (Å²) in [6.07, 6.45) is 0.147. The Labute approximate surface area is 118 Å². The fourth-order valence-electron chi connectivity index (χ4n) is 1.57. The second-order valence-electron chi connectivity index (χ2n) is 4.12. The molecule has 3 N–H and O–H groups in total. The number of benzene rings is 1. The van der Waals surface area contributed by atoms with Gasteiger partial charge in [-0.25, -0.2) is 0 Å². The molecule has 0 spiro atoms. The van der Waals surface area contributed by atoms with E-state index in [2.05, 4.69) is 21.9 Å². The second kappa shape index (κ2) is 7.97. The van der Waals surface area contributed by atoms with Crippen molar-refractivity contribution >= 4 is 11.9 Å². The van der Waals surface area contributed by atoms with E-state index in [1.807, 2.05) is 19.1 Å². The third-order valence-electron chi connectivity index (χ3n) is 2.66.